The number of hydrogen-bond acceptors (Lipinski definition) is 5. The summed E-state index contributed by atoms with van der Waals surface area (Å²) in [6, 6.07) is 7.87. The van der Waals surface area contributed by atoms with Gasteiger partial charge in [0, 0.05) is 31.9 Å². The van der Waals surface area contributed by atoms with Crippen LogP contribution in [0.3, 0.4) is 0 Å². The highest BCUT2D eigenvalue weighted by molar-refractivity contribution is 5.76. The molecule has 1 unspecified atom stereocenters. The van der Waals surface area contributed by atoms with E-state index in [1.807, 2.05) is 11.8 Å². The number of benzene rings is 1. The number of hydrogen-bond donors (Lipinski definition) is 2. The van der Waals surface area contributed by atoms with Crippen LogP contribution < -0.4 is 5.32 Å². The van der Waals surface area contributed by atoms with Gasteiger partial charge in [0.2, 0.25) is 0 Å². The quantitative estimate of drug-likeness (QED) is 0.543. The summed E-state index contributed by atoms with van der Waals surface area (Å²) in [7, 11) is 0. The van der Waals surface area contributed by atoms with Crippen molar-refractivity contribution in [3.63, 3.8) is 0 Å². The van der Waals surface area contributed by atoms with Crippen LogP contribution in [0.5, 0.6) is 0 Å². The van der Waals surface area contributed by atoms with E-state index in [0.717, 1.165) is 49.9 Å². The van der Waals surface area contributed by atoms with Crippen molar-refractivity contribution in [3.8, 4) is 0 Å². The highest BCUT2D eigenvalue weighted by Gasteiger charge is 2.38. The number of nitrogens with zero attached hydrogens (tertiary/aromatic N) is 2. The number of likely N-dealkylation sites (tertiary alicyclic amines) is 1. The van der Waals surface area contributed by atoms with Crippen molar-refractivity contribution in [2.75, 3.05) is 31.6 Å². The number of carboxylic acid groups (broad SMARTS) is 1. The maximum Gasteiger partial charge on any atom is 0.325 e. The zero-order chi connectivity index (χ0) is 22.5. The molecule has 2 aliphatic heterocycles. The average molecular weight is 442 g/mol. The Kier molecular flexibility index (Phi) is 7.37. The molecule has 6 nitrogen and oxygen atoms in total. The van der Waals surface area contributed by atoms with Crippen LogP contribution in [0.1, 0.15) is 54.7 Å². The number of pyridine rings is 1. The van der Waals surface area contributed by atoms with Crippen LogP contribution in [-0.2, 0) is 28.8 Å². The van der Waals surface area contributed by atoms with Crippen molar-refractivity contribution < 1.29 is 19.0 Å². The molecule has 32 heavy (non-hydrogen) atoms. The molecule has 2 aliphatic rings. The lowest BCUT2D eigenvalue weighted by molar-refractivity contribution is -0.151. The third-order valence-electron chi connectivity index (χ3n) is 6.37. The maximum absolute atomic E-state index is 13.6. The van der Waals surface area contributed by atoms with Crippen molar-refractivity contribution >= 4 is 11.7 Å². The molecule has 172 valence electrons. The number of carboxylic acids is 1. The van der Waals surface area contributed by atoms with Crippen LogP contribution in [0, 0.1) is 5.82 Å². The minimum Gasteiger partial charge on any atom is -0.480 e. The first-order chi connectivity index (χ1) is 15.5. The normalized spacial score (nSPS) is 17.3. The molecule has 2 aromatic rings. The summed E-state index contributed by atoms with van der Waals surface area (Å²) in [5, 5.41) is 13.2. The van der Waals surface area contributed by atoms with Gasteiger partial charge >= 0.3 is 5.97 Å². The van der Waals surface area contributed by atoms with E-state index in [4.69, 9.17) is 9.72 Å². The Bertz CT molecular complexity index is 946. The van der Waals surface area contributed by atoms with Crippen LogP contribution in [0.4, 0.5) is 10.1 Å². The number of aromatic nitrogens is 1. The van der Waals surface area contributed by atoms with E-state index in [9.17, 15) is 14.3 Å². The van der Waals surface area contributed by atoms with E-state index in [1.165, 1.54) is 23.5 Å². The number of carbonyl (C=O) groups is 1. The molecule has 1 saturated heterocycles. The second kappa shape index (κ2) is 10.4. The van der Waals surface area contributed by atoms with Crippen LogP contribution in [0.2, 0.25) is 0 Å². The Morgan fingerprint density at radius 2 is 2.16 bits per heavy atom. The summed E-state index contributed by atoms with van der Waals surface area (Å²) in [6.07, 6.45) is 5.75. The number of ether oxygens (including phenoxy) is 1. The topological polar surface area (TPSA) is 74.7 Å². The van der Waals surface area contributed by atoms with Crippen molar-refractivity contribution in [2.45, 2.75) is 57.6 Å². The predicted molar refractivity (Wildman–Crippen MR) is 121 cm³/mol. The van der Waals surface area contributed by atoms with Crippen molar-refractivity contribution in [2.24, 2.45) is 0 Å². The number of nitrogens with one attached hydrogen (secondary N) is 1. The molecule has 0 aliphatic carbocycles. The van der Waals surface area contributed by atoms with Gasteiger partial charge in [0.05, 0.1) is 17.5 Å². The summed E-state index contributed by atoms with van der Waals surface area (Å²) in [4.78, 5) is 18.6. The second-order valence-corrected chi connectivity index (χ2v) is 8.67. The van der Waals surface area contributed by atoms with Crippen molar-refractivity contribution in [3.05, 3.63) is 58.7 Å². The number of fused-ring (bicyclic) bond motifs is 1. The molecular weight excluding hydrogens is 409 g/mol. The Morgan fingerprint density at radius 1 is 1.31 bits per heavy atom. The molecule has 0 amide bonds. The predicted octanol–water partition coefficient (Wildman–Crippen LogP) is 3.99. The largest absolute Gasteiger partial charge is 0.480 e. The fraction of sp³-hybridized carbons (Fsp3) is 0.520. The molecule has 3 heterocycles. The van der Waals surface area contributed by atoms with E-state index in [0.29, 0.717) is 31.7 Å². The number of aliphatic carboxylic acids is 1. The lowest BCUT2D eigenvalue weighted by Crippen LogP contribution is -2.55. The summed E-state index contributed by atoms with van der Waals surface area (Å²) in [6.45, 7) is 4.77. The average Bonchev–Trinajstić information content (AvgIpc) is 2.77. The molecule has 7 heteroatoms. The van der Waals surface area contributed by atoms with Crippen LogP contribution in [0.25, 0.3) is 0 Å². The first-order valence-corrected chi connectivity index (χ1v) is 11.6. The fourth-order valence-electron chi connectivity index (χ4n) is 4.59. The molecule has 0 spiro atoms. The van der Waals surface area contributed by atoms with Gasteiger partial charge < -0.3 is 15.2 Å². The molecule has 4 rings (SSSR count). The number of rotatable bonds is 10. The number of halogens is 1. The third kappa shape index (κ3) is 5.27. The Balaban J connectivity index is 1.20. The van der Waals surface area contributed by atoms with Crippen molar-refractivity contribution in [1.82, 2.24) is 9.88 Å². The molecule has 0 radical (unpaired) electrons. The van der Waals surface area contributed by atoms with Crippen LogP contribution >= 0.6 is 0 Å². The molecular formula is C25H32FN3O3. The van der Waals surface area contributed by atoms with Crippen LogP contribution in [0.15, 0.2) is 30.3 Å². The zero-order valence-corrected chi connectivity index (χ0v) is 18.6. The molecule has 0 bridgehead atoms. The SMILES string of the molecule is CCc1cc(F)ccc1C(C(=O)O)N1CC(OCCCCc2ccc3c(n2)CCCN3)C1. The lowest BCUT2D eigenvalue weighted by Gasteiger charge is -2.42. The first kappa shape index (κ1) is 22.7. The lowest BCUT2D eigenvalue weighted by atomic mass is 9.94. The van der Waals surface area contributed by atoms with E-state index in [-0.39, 0.29) is 11.9 Å². The summed E-state index contributed by atoms with van der Waals surface area (Å²) in [5.74, 6) is -1.24. The van der Waals surface area contributed by atoms with Gasteiger partial charge in [-0.05, 0) is 73.9 Å². The highest BCUT2D eigenvalue weighted by Crippen LogP contribution is 2.30. The van der Waals surface area contributed by atoms with E-state index >= 15 is 0 Å². The smallest absolute Gasteiger partial charge is 0.325 e. The minimum atomic E-state index is -0.905. The van der Waals surface area contributed by atoms with Gasteiger partial charge in [-0.15, -0.1) is 0 Å². The summed E-state index contributed by atoms with van der Waals surface area (Å²) >= 11 is 0. The van der Waals surface area contributed by atoms with Crippen molar-refractivity contribution in [1.29, 1.82) is 0 Å². The fourth-order valence-corrected chi connectivity index (χ4v) is 4.59. The molecule has 1 fully saturated rings. The van der Waals surface area contributed by atoms with E-state index in [1.54, 1.807) is 6.07 Å². The van der Waals surface area contributed by atoms with Gasteiger partial charge in [-0.1, -0.05) is 13.0 Å². The maximum atomic E-state index is 13.6. The summed E-state index contributed by atoms with van der Waals surface area (Å²) < 4.78 is 19.5. The standard InChI is InChI=1S/C25H32FN3O3/c1-2-17-14-18(26)8-10-21(17)24(25(30)31)29-15-20(16-29)32-13-4-3-6-19-9-11-22-23(28-19)7-5-12-27-22/h8-11,14,20,24,27H,2-7,12-13,15-16H2,1H3,(H,30,31). The van der Waals surface area contributed by atoms with Gasteiger partial charge in [0.15, 0.2) is 0 Å². The van der Waals surface area contributed by atoms with Gasteiger partial charge in [-0.2, -0.15) is 0 Å². The Hall–Kier alpha value is -2.51. The highest BCUT2D eigenvalue weighted by atomic mass is 19.1. The molecule has 2 N–H and O–H groups in total. The number of unbranched alkanes of at least 4 members (excludes halogenated alkanes) is 1. The van der Waals surface area contributed by atoms with Gasteiger partial charge in [-0.3, -0.25) is 14.7 Å². The van der Waals surface area contributed by atoms with E-state index in [2.05, 4.69) is 17.4 Å². The molecule has 1 atom stereocenters. The second-order valence-electron chi connectivity index (χ2n) is 8.67. The summed E-state index contributed by atoms with van der Waals surface area (Å²) in [5.41, 5.74) is 4.91. The Labute approximate surface area is 188 Å². The first-order valence-electron chi connectivity index (χ1n) is 11.6. The monoisotopic (exact) mass is 441 g/mol. The van der Waals surface area contributed by atoms with Gasteiger partial charge in [-0.25, -0.2) is 4.39 Å². The minimum absolute atomic E-state index is 0.0512. The van der Waals surface area contributed by atoms with Gasteiger partial charge in [0.25, 0.3) is 0 Å². The molecule has 0 saturated carbocycles. The Morgan fingerprint density at radius 3 is 2.94 bits per heavy atom. The number of anilines is 1. The molecule has 1 aromatic heterocycles. The zero-order valence-electron chi connectivity index (χ0n) is 18.6. The van der Waals surface area contributed by atoms with E-state index < -0.39 is 12.0 Å². The third-order valence-corrected chi connectivity index (χ3v) is 6.37. The number of aryl methyl sites for hydroxylation is 3. The van der Waals surface area contributed by atoms with Crippen LogP contribution in [-0.4, -0.2) is 53.3 Å². The molecule has 1 aromatic carbocycles. The van der Waals surface area contributed by atoms with Gasteiger partial charge in [0.1, 0.15) is 11.9 Å².